The van der Waals surface area contributed by atoms with Gasteiger partial charge in [-0.05, 0) is 17.7 Å². The second kappa shape index (κ2) is 7.14. The molecule has 0 radical (unpaired) electrons. The molecule has 0 amide bonds. The third-order valence-corrected chi connectivity index (χ3v) is 5.91. The van der Waals surface area contributed by atoms with Crippen LogP contribution in [-0.4, -0.2) is 49.7 Å². The third kappa shape index (κ3) is 3.11. The van der Waals surface area contributed by atoms with Gasteiger partial charge in [-0.3, -0.25) is 4.40 Å². The summed E-state index contributed by atoms with van der Waals surface area (Å²) in [5, 5.41) is 23.1. The van der Waals surface area contributed by atoms with Crippen molar-refractivity contribution in [3.63, 3.8) is 0 Å². The molecule has 136 valence electrons. The predicted molar refractivity (Wildman–Crippen MR) is 101 cm³/mol. The van der Waals surface area contributed by atoms with Gasteiger partial charge < -0.3 is 20.3 Å². The van der Waals surface area contributed by atoms with Crippen LogP contribution in [0.2, 0.25) is 0 Å². The first-order valence-electron chi connectivity index (χ1n) is 8.34. The van der Waals surface area contributed by atoms with Gasteiger partial charge in [0.25, 0.3) is 0 Å². The van der Waals surface area contributed by atoms with Crippen LogP contribution in [0, 0.1) is 0 Å². The van der Waals surface area contributed by atoms with E-state index in [1.807, 2.05) is 34.9 Å². The lowest BCUT2D eigenvalue weighted by Crippen LogP contribution is -2.25. The van der Waals surface area contributed by atoms with E-state index in [0.717, 1.165) is 17.0 Å². The molecule has 0 spiro atoms. The summed E-state index contributed by atoms with van der Waals surface area (Å²) in [5.74, 6) is 1.99. The molecule has 3 N–H and O–H groups in total. The monoisotopic (exact) mass is 372 g/mol. The van der Waals surface area contributed by atoms with Crippen molar-refractivity contribution in [1.29, 1.82) is 0 Å². The van der Waals surface area contributed by atoms with Gasteiger partial charge in [0.05, 0.1) is 36.5 Å². The molecule has 1 aliphatic heterocycles. The minimum atomic E-state index is -0.791. The van der Waals surface area contributed by atoms with Crippen LogP contribution >= 0.6 is 11.8 Å². The number of nitrogens with zero attached hydrogens (tertiary/aromatic N) is 3. The predicted octanol–water partition coefficient (Wildman–Crippen LogP) is 1.86. The van der Waals surface area contributed by atoms with Crippen LogP contribution < -0.4 is 10.1 Å². The second-order valence-electron chi connectivity index (χ2n) is 6.17. The van der Waals surface area contributed by atoms with Gasteiger partial charge in [-0.15, -0.1) is 11.8 Å². The van der Waals surface area contributed by atoms with Crippen LogP contribution in [0.3, 0.4) is 0 Å². The number of nitrogens with one attached hydrogen (secondary N) is 1. The molecule has 0 saturated carbocycles. The fourth-order valence-corrected chi connectivity index (χ4v) is 4.43. The first-order chi connectivity index (χ1) is 12.7. The molecule has 0 unspecified atom stereocenters. The first-order valence-corrected chi connectivity index (χ1v) is 9.38. The maximum Gasteiger partial charge on any atom is 0.180 e. The molecular weight excluding hydrogens is 352 g/mol. The molecule has 0 bridgehead atoms. The Hall–Kier alpha value is -2.29. The van der Waals surface area contributed by atoms with Crippen molar-refractivity contribution in [1.82, 2.24) is 14.4 Å². The minimum Gasteiger partial charge on any atom is -0.497 e. The Morgan fingerprint density at radius 2 is 2.23 bits per heavy atom. The maximum atomic E-state index is 10.2. The summed E-state index contributed by atoms with van der Waals surface area (Å²) in [7, 11) is 1.65. The van der Waals surface area contributed by atoms with E-state index in [0.29, 0.717) is 23.8 Å². The van der Waals surface area contributed by atoms with Crippen LogP contribution in [0.15, 0.2) is 42.9 Å². The number of methoxy groups -OCH3 is 1. The zero-order valence-electron chi connectivity index (χ0n) is 14.2. The van der Waals surface area contributed by atoms with E-state index in [4.69, 9.17) is 4.74 Å². The molecular formula is C18H20N4O3S. The van der Waals surface area contributed by atoms with Crippen molar-refractivity contribution < 1.29 is 14.9 Å². The third-order valence-electron chi connectivity index (χ3n) is 4.49. The van der Waals surface area contributed by atoms with E-state index in [9.17, 15) is 10.2 Å². The van der Waals surface area contributed by atoms with Crippen LogP contribution in [0.5, 0.6) is 5.75 Å². The summed E-state index contributed by atoms with van der Waals surface area (Å²) < 4.78 is 7.17. The van der Waals surface area contributed by atoms with Gasteiger partial charge in [0, 0.05) is 24.7 Å². The smallest absolute Gasteiger partial charge is 0.180 e. The average Bonchev–Trinajstić information content (AvgIpc) is 3.24. The summed E-state index contributed by atoms with van der Waals surface area (Å²) in [5.41, 5.74) is 2.63. The lowest BCUT2D eigenvalue weighted by Gasteiger charge is -2.15. The Morgan fingerprint density at radius 1 is 1.35 bits per heavy atom. The molecule has 3 heterocycles. The maximum absolute atomic E-state index is 10.2. The summed E-state index contributed by atoms with van der Waals surface area (Å²) in [4.78, 5) is 8.87. The molecule has 1 fully saturated rings. The molecule has 3 aromatic rings. The largest absolute Gasteiger partial charge is 0.497 e. The number of aliphatic hydroxyl groups excluding tert-OH is 2. The molecule has 4 rings (SSSR count). The van der Waals surface area contributed by atoms with Crippen molar-refractivity contribution in [2.24, 2.45) is 0 Å². The summed E-state index contributed by atoms with van der Waals surface area (Å²) in [6, 6.07) is 7.83. The first kappa shape index (κ1) is 17.1. The average molecular weight is 372 g/mol. The van der Waals surface area contributed by atoms with Crippen molar-refractivity contribution in [3.05, 3.63) is 54.1 Å². The number of ether oxygens (including phenoxy) is 1. The molecule has 1 aromatic carbocycles. The summed E-state index contributed by atoms with van der Waals surface area (Å²) >= 11 is 1.54. The Morgan fingerprint density at radius 3 is 3.00 bits per heavy atom. The van der Waals surface area contributed by atoms with Gasteiger partial charge in [-0.2, -0.15) is 0 Å². The minimum absolute atomic E-state index is 0.200. The van der Waals surface area contributed by atoms with E-state index in [-0.39, 0.29) is 5.25 Å². The lowest BCUT2D eigenvalue weighted by molar-refractivity contribution is 0.0411. The highest BCUT2D eigenvalue weighted by molar-refractivity contribution is 7.99. The Bertz CT molecular complexity index is 916. The van der Waals surface area contributed by atoms with Crippen molar-refractivity contribution >= 4 is 23.2 Å². The lowest BCUT2D eigenvalue weighted by atomic mass is 10.1. The number of aliphatic hydroxyl groups is 2. The number of aromatic nitrogens is 3. The second-order valence-corrected chi connectivity index (χ2v) is 7.34. The Labute approximate surface area is 155 Å². The number of thioether (sulfide) groups is 1. The number of rotatable bonds is 5. The van der Waals surface area contributed by atoms with E-state index in [2.05, 4.69) is 15.3 Å². The van der Waals surface area contributed by atoms with Crippen molar-refractivity contribution in [2.45, 2.75) is 24.0 Å². The van der Waals surface area contributed by atoms with Crippen LogP contribution in [-0.2, 0) is 6.54 Å². The normalized spacial score (nSPS) is 22.7. The fraction of sp³-hybridized carbons (Fsp3) is 0.333. The fourth-order valence-electron chi connectivity index (χ4n) is 3.10. The number of fused-ring (bicyclic) bond motifs is 1. The zero-order chi connectivity index (χ0) is 18.1. The van der Waals surface area contributed by atoms with Crippen LogP contribution in [0.25, 0.3) is 5.65 Å². The summed E-state index contributed by atoms with van der Waals surface area (Å²) in [6.07, 6.45) is 3.78. The summed E-state index contributed by atoms with van der Waals surface area (Å²) in [6.45, 7) is 0.589. The molecule has 1 saturated heterocycles. The highest BCUT2D eigenvalue weighted by Gasteiger charge is 2.37. The Balaban J connectivity index is 1.59. The van der Waals surface area contributed by atoms with E-state index in [1.165, 1.54) is 11.8 Å². The molecule has 2 aromatic heterocycles. The molecule has 1 aliphatic rings. The standard InChI is InChI=1S/C18H20N4O3S/c1-25-12-4-2-3-11(7-12)8-20-17-18-21-9-13(22(18)6-5-19-17)16-15(24)14(23)10-26-16/h2-7,9,14-16,23-24H,8,10H2,1H3,(H,19,20)/t14-,15-,16+/m1/s1. The molecule has 7 nitrogen and oxygen atoms in total. The molecule has 0 aliphatic carbocycles. The van der Waals surface area contributed by atoms with Crippen molar-refractivity contribution in [2.75, 3.05) is 18.2 Å². The molecule has 26 heavy (non-hydrogen) atoms. The highest BCUT2D eigenvalue weighted by Crippen LogP contribution is 2.40. The number of anilines is 1. The van der Waals surface area contributed by atoms with E-state index < -0.39 is 12.2 Å². The van der Waals surface area contributed by atoms with Gasteiger partial charge in [-0.25, -0.2) is 9.97 Å². The highest BCUT2D eigenvalue weighted by atomic mass is 32.2. The SMILES string of the molecule is COc1cccc(CNc2nccn3c([C@@H]4SC[C@@H](O)[C@H]4O)cnc23)c1. The van der Waals surface area contributed by atoms with E-state index >= 15 is 0 Å². The van der Waals surface area contributed by atoms with E-state index in [1.54, 1.807) is 19.5 Å². The van der Waals surface area contributed by atoms with Gasteiger partial charge in [0.1, 0.15) is 5.75 Å². The van der Waals surface area contributed by atoms with Gasteiger partial charge >= 0.3 is 0 Å². The van der Waals surface area contributed by atoms with Gasteiger partial charge in [0.2, 0.25) is 0 Å². The molecule has 3 atom stereocenters. The quantitative estimate of drug-likeness (QED) is 0.630. The number of hydrogen-bond acceptors (Lipinski definition) is 7. The van der Waals surface area contributed by atoms with Crippen LogP contribution in [0.4, 0.5) is 5.82 Å². The number of benzene rings is 1. The molecule has 8 heteroatoms. The van der Waals surface area contributed by atoms with Gasteiger partial charge in [0.15, 0.2) is 11.5 Å². The Kier molecular flexibility index (Phi) is 4.71. The number of imidazole rings is 1. The van der Waals surface area contributed by atoms with Gasteiger partial charge in [-0.1, -0.05) is 12.1 Å². The zero-order valence-corrected chi connectivity index (χ0v) is 15.1. The number of hydrogen-bond donors (Lipinski definition) is 3. The van der Waals surface area contributed by atoms with Crippen molar-refractivity contribution in [3.8, 4) is 5.75 Å². The topological polar surface area (TPSA) is 91.9 Å². The van der Waals surface area contributed by atoms with Crippen LogP contribution in [0.1, 0.15) is 16.5 Å².